The van der Waals surface area contributed by atoms with Crippen molar-refractivity contribution in [2.75, 3.05) is 0 Å². The zero-order valence-corrected chi connectivity index (χ0v) is 6.03. The van der Waals surface area contributed by atoms with Gasteiger partial charge in [-0.05, 0) is 10.8 Å². The molecule has 0 aliphatic carbocycles. The van der Waals surface area contributed by atoms with E-state index < -0.39 is 0 Å². The Morgan fingerprint density at radius 3 is 1.91 bits per heavy atom. The van der Waals surface area contributed by atoms with Gasteiger partial charge in [-0.3, -0.25) is 0 Å². The van der Waals surface area contributed by atoms with Gasteiger partial charge in [-0.15, -0.1) is 0 Å². The molecule has 0 saturated carbocycles. The molecule has 0 spiro atoms. The maximum atomic E-state index is 7.25. The van der Waals surface area contributed by atoms with Crippen LogP contribution in [0.3, 0.4) is 0 Å². The second-order valence-electron chi connectivity index (χ2n) is 1.61. The maximum Gasteiger partial charge on any atom is -0.0263 e. The Hall–Kier alpha value is -1.16. The lowest BCUT2D eigenvalue weighted by atomic mass is 10.2. The predicted octanol–water partition coefficient (Wildman–Crippen LogP) is 1.39. The van der Waals surface area contributed by atoms with Crippen molar-refractivity contribution in [2.24, 2.45) is 0 Å². The zero-order valence-electron chi connectivity index (χ0n) is 6.03. The first-order valence-corrected chi connectivity index (χ1v) is 2.79. The molecule has 0 fully saturated rings. The first kappa shape index (κ1) is 12.5. The van der Waals surface area contributed by atoms with Crippen molar-refractivity contribution < 1.29 is 16.0 Å². The maximum absolute atomic E-state index is 7.25. The topological polar surface area (TPSA) is 71.6 Å². The minimum atomic E-state index is 0. The Balaban J connectivity index is 0. The van der Waals surface area contributed by atoms with Gasteiger partial charge < -0.3 is 5.48 Å². The summed E-state index contributed by atoms with van der Waals surface area (Å²) in [7, 11) is 0. The highest BCUT2D eigenvalue weighted by atomic mass is 17.0. The van der Waals surface area contributed by atoms with E-state index in [0.717, 1.165) is 0 Å². The van der Waals surface area contributed by atoms with E-state index in [0.29, 0.717) is 0 Å². The first-order chi connectivity index (χ1) is 4.93. The fourth-order valence-electron chi connectivity index (χ4n) is 0.589. The molecule has 1 aromatic rings. The molecule has 0 amide bonds. The number of hydrogen-bond donors (Lipinski definition) is 1. The molecule has 0 atom stereocenters. The standard InChI is InChI=1S/C8H8.HO2.H2O/c1-2-8-6-4-3-5-7-8;1-2;/h2-7H,1H2;1H;1H2. The molecular weight excluding hydrogens is 144 g/mol. The molecule has 0 aliphatic rings. The lowest BCUT2D eigenvalue weighted by Gasteiger charge is -1.85. The monoisotopic (exact) mass is 155 g/mol. The van der Waals surface area contributed by atoms with Gasteiger partial charge in [0, 0.05) is 0 Å². The van der Waals surface area contributed by atoms with Crippen LogP contribution in [0.15, 0.2) is 36.9 Å². The van der Waals surface area contributed by atoms with E-state index in [4.69, 9.17) is 10.5 Å². The van der Waals surface area contributed by atoms with Crippen LogP contribution in [0.1, 0.15) is 5.56 Å². The molecule has 0 unspecified atom stereocenters. The quantitative estimate of drug-likeness (QED) is 0.483. The van der Waals surface area contributed by atoms with Crippen molar-refractivity contribution in [1.29, 1.82) is 0 Å². The Bertz CT molecular complexity index is 172. The van der Waals surface area contributed by atoms with Crippen LogP contribution in [0, 0.1) is 0 Å². The highest BCUT2D eigenvalue weighted by molar-refractivity contribution is 5.45. The number of hydrogen-bond acceptors (Lipinski definition) is 1. The van der Waals surface area contributed by atoms with E-state index in [1.807, 2.05) is 36.4 Å². The predicted molar refractivity (Wildman–Crippen MR) is 43.5 cm³/mol. The third kappa shape index (κ3) is 5.29. The Morgan fingerprint density at radius 1 is 1.18 bits per heavy atom. The van der Waals surface area contributed by atoms with Crippen molar-refractivity contribution >= 4 is 6.08 Å². The molecule has 1 rings (SSSR count). The van der Waals surface area contributed by atoms with Gasteiger partial charge in [0.15, 0.2) is 0 Å². The molecule has 0 aromatic heterocycles. The van der Waals surface area contributed by atoms with E-state index in [1.54, 1.807) is 0 Å². The Kier molecular flexibility index (Phi) is 10.1. The molecule has 1 radical (unpaired) electrons. The summed E-state index contributed by atoms with van der Waals surface area (Å²) < 4.78 is 0. The van der Waals surface area contributed by atoms with Gasteiger partial charge in [-0.1, -0.05) is 43.0 Å². The van der Waals surface area contributed by atoms with Crippen LogP contribution in [0.2, 0.25) is 0 Å². The van der Waals surface area contributed by atoms with Gasteiger partial charge in [0.25, 0.3) is 0 Å². The summed E-state index contributed by atoms with van der Waals surface area (Å²) in [5.74, 6) is 0. The number of benzene rings is 1. The highest BCUT2D eigenvalue weighted by Gasteiger charge is 1.75. The summed E-state index contributed by atoms with van der Waals surface area (Å²) in [6.45, 7) is 3.63. The van der Waals surface area contributed by atoms with Crippen LogP contribution in [-0.2, 0) is 5.26 Å². The second-order valence-corrected chi connectivity index (χ2v) is 1.61. The normalized spacial score (nSPS) is 6.73. The average Bonchev–Trinajstić information content (AvgIpc) is 2.10. The SMILES string of the molecule is C=Cc1ccccc1.O.[O]O. The summed E-state index contributed by atoms with van der Waals surface area (Å²) in [5.41, 5.74) is 1.17. The van der Waals surface area contributed by atoms with Crippen molar-refractivity contribution in [3.8, 4) is 0 Å². The van der Waals surface area contributed by atoms with Crippen molar-refractivity contribution in [2.45, 2.75) is 0 Å². The molecule has 0 bridgehead atoms. The summed E-state index contributed by atoms with van der Waals surface area (Å²) in [6.07, 6.45) is 1.83. The molecule has 3 nitrogen and oxygen atoms in total. The minimum absolute atomic E-state index is 0. The van der Waals surface area contributed by atoms with E-state index >= 15 is 0 Å². The van der Waals surface area contributed by atoms with Gasteiger partial charge in [0.2, 0.25) is 0 Å². The van der Waals surface area contributed by atoms with E-state index in [1.165, 1.54) is 5.56 Å². The fourth-order valence-corrected chi connectivity index (χ4v) is 0.589. The third-order valence-corrected chi connectivity index (χ3v) is 1.04. The second kappa shape index (κ2) is 8.84. The van der Waals surface area contributed by atoms with Crippen LogP contribution < -0.4 is 0 Å². The van der Waals surface area contributed by atoms with Gasteiger partial charge in [0.1, 0.15) is 0 Å². The molecule has 3 heteroatoms. The van der Waals surface area contributed by atoms with E-state index in [-0.39, 0.29) is 5.48 Å². The van der Waals surface area contributed by atoms with E-state index in [2.05, 4.69) is 6.58 Å². The van der Waals surface area contributed by atoms with Crippen molar-refractivity contribution in [3.05, 3.63) is 42.5 Å². The summed E-state index contributed by atoms with van der Waals surface area (Å²) in [6, 6.07) is 10.0. The van der Waals surface area contributed by atoms with E-state index in [9.17, 15) is 0 Å². The van der Waals surface area contributed by atoms with Gasteiger partial charge in [-0.25, -0.2) is 5.26 Å². The zero-order chi connectivity index (χ0) is 7.82. The summed E-state index contributed by atoms with van der Waals surface area (Å²) >= 11 is 0. The molecule has 0 saturated heterocycles. The summed E-state index contributed by atoms with van der Waals surface area (Å²) in [5, 5.41) is 13.0. The number of rotatable bonds is 1. The molecule has 61 valence electrons. The molecule has 3 N–H and O–H groups in total. The smallest absolute Gasteiger partial charge is 0.0263 e. The molecule has 1 aromatic carbocycles. The van der Waals surface area contributed by atoms with Crippen molar-refractivity contribution in [1.82, 2.24) is 0 Å². The van der Waals surface area contributed by atoms with Gasteiger partial charge in [0.05, 0.1) is 0 Å². The van der Waals surface area contributed by atoms with Crippen LogP contribution in [-0.4, -0.2) is 10.7 Å². The first-order valence-electron chi connectivity index (χ1n) is 2.79. The lowest BCUT2D eigenvalue weighted by Crippen LogP contribution is -1.63. The Morgan fingerprint density at radius 2 is 1.64 bits per heavy atom. The molecule has 0 heterocycles. The molecule has 0 aliphatic heterocycles. The highest BCUT2D eigenvalue weighted by Crippen LogP contribution is 1.97. The largest absolute Gasteiger partial charge is 0.412 e. The van der Waals surface area contributed by atoms with Gasteiger partial charge in [-0.2, -0.15) is 0 Å². The Labute approximate surface area is 65.5 Å². The van der Waals surface area contributed by atoms with Gasteiger partial charge >= 0.3 is 0 Å². The third-order valence-electron chi connectivity index (χ3n) is 1.04. The van der Waals surface area contributed by atoms with Crippen LogP contribution in [0.4, 0.5) is 0 Å². The minimum Gasteiger partial charge on any atom is -0.412 e. The average molecular weight is 155 g/mol. The van der Waals surface area contributed by atoms with Crippen molar-refractivity contribution in [3.63, 3.8) is 0 Å². The van der Waals surface area contributed by atoms with Crippen LogP contribution >= 0.6 is 0 Å². The lowest BCUT2D eigenvalue weighted by molar-refractivity contribution is -0.247. The molecular formula is C8H11O3. The molecule has 11 heavy (non-hydrogen) atoms. The summed E-state index contributed by atoms with van der Waals surface area (Å²) in [4.78, 5) is 0. The fraction of sp³-hybridized carbons (Fsp3) is 0. The van der Waals surface area contributed by atoms with Crippen LogP contribution in [0.25, 0.3) is 6.08 Å². The van der Waals surface area contributed by atoms with Crippen LogP contribution in [0.5, 0.6) is 0 Å².